The maximum atomic E-state index is 9.79. The van der Waals surface area contributed by atoms with Gasteiger partial charge in [-0.3, -0.25) is 0 Å². The lowest BCUT2D eigenvalue weighted by Gasteiger charge is -2.24. The van der Waals surface area contributed by atoms with Crippen LogP contribution in [0, 0.1) is 0 Å². The second-order valence-corrected chi connectivity index (χ2v) is 8.93. The van der Waals surface area contributed by atoms with Crippen LogP contribution in [-0.4, -0.2) is 45.4 Å². The summed E-state index contributed by atoms with van der Waals surface area (Å²) in [5.41, 5.74) is 2.75. The SMILES string of the molecule is C[C@@H](Nc1cc(Cl)nc2c1ccn2[C@@H]1OC(CO)[C@H]2OC(C)(C)O[C@H]21)c1ccccc1. The maximum absolute atomic E-state index is 9.79. The van der Waals surface area contributed by atoms with Gasteiger partial charge >= 0.3 is 0 Å². The second-order valence-electron chi connectivity index (χ2n) is 8.54. The molecule has 2 saturated heterocycles. The predicted octanol–water partition coefficient (Wildman–Crippen LogP) is 4.27. The van der Waals surface area contributed by atoms with E-state index in [0.717, 1.165) is 11.1 Å². The molecule has 5 rings (SSSR count). The summed E-state index contributed by atoms with van der Waals surface area (Å²) in [6.45, 7) is 5.69. The number of aromatic nitrogens is 2. The first-order valence-electron chi connectivity index (χ1n) is 10.5. The van der Waals surface area contributed by atoms with E-state index in [-0.39, 0.29) is 24.9 Å². The molecular weight excluding hydrogens is 418 g/mol. The number of nitrogens with one attached hydrogen (secondary N) is 1. The highest BCUT2D eigenvalue weighted by Crippen LogP contribution is 2.44. The van der Waals surface area contributed by atoms with E-state index in [1.807, 2.05) is 54.9 Å². The Kier molecular flexibility index (Phi) is 5.19. The molecule has 0 aliphatic carbocycles. The Morgan fingerprint density at radius 1 is 1.19 bits per heavy atom. The normalized spacial score (nSPS) is 28.0. The van der Waals surface area contributed by atoms with Crippen molar-refractivity contribution in [2.75, 3.05) is 11.9 Å². The number of benzene rings is 1. The Labute approximate surface area is 185 Å². The van der Waals surface area contributed by atoms with E-state index in [1.165, 1.54) is 5.56 Å². The first-order valence-corrected chi connectivity index (χ1v) is 10.8. The molecule has 0 spiro atoms. The lowest BCUT2D eigenvalue weighted by atomic mass is 10.1. The van der Waals surface area contributed by atoms with Crippen molar-refractivity contribution in [2.24, 2.45) is 0 Å². The minimum Gasteiger partial charge on any atom is -0.394 e. The summed E-state index contributed by atoms with van der Waals surface area (Å²) in [6.07, 6.45) is 0.263. The molecule has 0 bridgehead atoms. The van der Waals surface area contributed by atoms with Crippen LogP contribution in [0.1, 0.15) is 38.6 Å². The van der Waals surface area contributed by atoms with Crippen molar-refractivity contribution in [3.05, 3.63) is 59.4 Å². The zero-order valence-electron chi connectivity index (χ0n) is 17.7. The number of hydrogen-bond donors (Lipinski definition) is 2. The highest BCUT2D eigenvalue weighted by molar-refractivity contribution is 6.30. The van der Waals surface area contributed by atoms with Crippen LogP contribution in [0.25, 0.3) is 11.0 Å². The average molecular weight is 444 g/mol. The highest BCUT2D eigenvalue weighted by atomic mass is 35.5. The number of rotatable bonds is 5. The molecule has 164 valence electrons. The molecule has 2 aliphatic rings. The fourth-order valence-electron chi connectivity index (χ4n) is 4.51. The van der Waals surface area contributed by atoms with Crippen LogP contribution < -0.4 is 5.32 Å². The predicted molar refractivity (Wildman–Crippen MR) is 118 cm³/mol. The third-order valence-electron chi connectivity index (χ3n) is 5.90. The van der Waals surface area contributed by atoms with Crippen LogP contribution in [0.5, 0.6) is 0 Å². The number of aliphatic hydroxyl groups excluding tert-OH is 1. The number of halogens is 1. The molecule has 0 radical (unpaired) electrons. The number of anilines is 1. The smallest absolute Gasteiger partial charge is 0.164 e. The van der Waals surface area contributed by atoms with Gasteiger partial charge in [0.15, 0.2) is 12.0 Å². The van der Waals surface area contributed by atoms with Gasteiger partial charge in [-0.05, 0) is 38.5 Å². The third kappa shape index (κ3) is 3.70. The molecule has 8 heteroatoms. The molecule has 2 aliphatic heterocycles. The van der Waals surface area contributed by atoms with Crippen LogP contribution >= 0.6 is 11.6 Å². The van der Waals surface area contributed by atoms with Crippen LogP contribution in [0.15, 0.2) is 48.7 Å². The van der Waals surface area contributed by atoms with E-state index < -0.39 is 18.1 Å². The van der Waals surface area contributed by atoms with Crippen molar-refractivity contribution in [1.29, 1.82) is 0 Å². The Balaban J connectivity index is 1.50. The summed E-state index contributed by atoms with van der Waals surface area (Å²) < 4.78 is 20.1. The van der Waals surface area contributed by atoms with Gasteiger partial charge in [0.25, 0.3) is 0 Å². The standard InChI is InChI=1S/C23H26ClN3O4/c1-13(14-7-5-4-6-8-14)25-16-11-18(24)26-21-15(16)9-10-27(21)22-20-19(17(12-28)29-22)30-23(2,3)31-20/h4-11,13,17,19-20,22,28H,12H2,1-3H3,(H,25,26)/t13-,17?,19-,20-,22-/m1/s1. The largest absolute Gasteiger partial charge is 0.394 e. The lowest BCUT2D eigenvalue weighted by molar-refractivity contribution is -0.199. The number of fused-ring (bicyclic) bond motifs is 2. The Hall–Kier alpha value is -2.16. The van der Waals surface area contributed by atoms with Gasteiger partial charge < -0.3 is 29.2 Å². The highest BCUT2D eigenvalue weighted by Gasteiger charge is 2.55. The molecule has 1 unspecified atom stereocenters. The first kappa shape index (κ1) is 20.7. The van der Waals surface area contributed by atoms with Crippen molar-refractivity contribution in [3.63, 3.8) is 0 Å². The summed E-state index contributed by atoms with van der Waals surface area (Å²) >= 11 is 6.40. The zero-order chi connectivity index (χ0) is 21.8. The monoisotopic (exact) mass is 443 g/mol. The Morgan fingerprint density at radius 3 is 2.68 bits per heavy atom. The second kappa shape index (κ2) is 7.76. The summed E-state index contributed by atoms with van der Waals surface area (Å²) in [6, 6.07) is 14.1. The van der Waals surface area contributed by atoms with Gasteiger partial charge in [0.2, 0.25) is 0 Å². The van der Waals surface area contributed by atoms with E-state index in [0.29, 0.717) is 10.8 Å². The minimum atomic E-state index is -0.739. The van der Waals surface area contributed by atoms with Crippen LogP contribution in [0.4, 0.5) is 5.69 Å². The quantitative estimate of drug-likeness (QED) is 0.573. The van der Waals surface area contributed by atoms with Gasteiger partial charge in [-0.1, -0.05) is 41.9 Å². The van der Waals surface area contributed by atoms with E-state index in [1.54, 1.807) is 0 Å². The summed E-state index contributed by atoms with van der Waals surface area (Å²) in [7, 11) is 0. The molecule has 7 nitrogen and oxygen atoms in total. The Bertz CT molecular complexity index is 1090. The molecule has 0 saturated carbocycles. The molecule has 2 N–H and O–H groups in total. The fourth-order valence-corrected chi connectivity index (χ4v) is 4.70. The first-order chi connectivity index (χ1) is 14.9. The van der Waals surface area contributed by atoms with Gasteiger partial charge in [0.05, 0.1) is 6.61 Å². The summed E-state index contributed by atoms with van der Waals surface area (Å²) in [5, 5.41) is 14.7. The van der Waals surface area contributed by atoms with E-state index >= 15 is 0 Å². The summed E-state index contributed by atoms with van der Waals surface area (Å²) in [4.78, 5) is 4.57. The van der Waals surface area contributed by atoms with Crippen molar-refractivity contribution in [2.45, 2.75) is 57.1 Å². The third-order valence-corrected chi connectivity index (χ3v) is 6.10. The van der Waals surface area contributed by atoms with Gasteiger partial charge in [0, 0.05) is 23.3 Å². The fraction of sp³-hybridized carbons (Fsp3) is 0.435. The van der Waals surface area contributed by atoms with Crippen molar-refractivity contribution >= 4 is 28.3 Å². The molecule has 2 fully saturated rings. The van der Waals surface area contributed by atoms with Gasteiger partial charge in [-0.15, -0.1) is 0 Å². The number of pyridine rings is 1. The molecule has 2 aromatic heterocycles. The van der Waals surface area contributed by atoms with Crippen molar-refractivity contribution in [1.82, 2.24) is 9.55 Å². The number of ether oxygens (including phenoxy) is 3. The minimum absolute atomic E-state index is 0.0875. The number of hydrogen-bond acceptors (Lipinski definition) is 6. The molecule has 0 amide bonds. The summed E-state index contributed by atoms with van der Waals surface area (Å²) in [5.74, 6) is -0.739. The van der Waals surface area contributed by atoms with Gasteiger partial charge in [-0.25, -0.2) is 4.98 Å². The Morgan fingerprint density at radius 2 is 1.94 bits per heavy atom. The van der Waals surface area contributed by atoms with E-state index in [4.69, 9.17) is 25.8 Å². The van der Waals surface area contributed by atoms with Crippen LogP contribution in [0.2, 0.25) is 5.15 Å². The molecule has 4 heterocycles. The molecule has 31 heavy (non-hydrogen) atoms. The number of aliphatic hydroxyl groups is 1. The van der Waals surface area contributed by atoms with Crippen LogP contribution in [0.3, 0.4) is 0 Å². The topological polar surface area (TPSA) is 77.8 Å². The average Bonchev–Trinajstić information content (AvgIpc) is 3.39. The van der Waals surface area contributed by atoms with Crippen molar-refractivity contribution in [3.8, 4) is 0 Å². The molecule has 3 aromatic rings. The zero-order valence-corrected chi connectivity index (χ0v) is 18.4. The van der Waals surface area contributed by atoms with Gasteiger partial charge in [0.1, 0.15) is 29.1 Å². The molecular formula is C23H26ClN3O4. The van der Waals surface area contributed by atoms with Gasteiger partial charge in [-0.2, -0.15) is 0 Å². The maximum Gasteiger partial charge on any atom is 0.164 e. The molecule has 1 aromatic carbocycles. The number of nitrogens with zero attached hydrogens (tertiary/aromatic N) is 2. The lowest BCUT2D eigenvalue weighted by Crippen LogP contribution is -2.31. The van der Waals surface area contributed by atoms with E-state index in [2.05, 4.69) is 29.4 Å². The van der Waals surface area contributed by atoms with E-state index in [9.17, 15) is 5.11 Å². The van der Waals surface area contributed by atoms with Crippen molar-refractivity contribution < 1.29 is 19.3 Å². The molecule has 5 atom stereocenters. The van der Waals surface area contributed by atoms with Crippen LogP contribution in [-0.2, 0) is 14.2 Å².